The maximum absolute atomic E-state index is 11.8. The van der Waals surface area contributed by atoms with Crippen molar-refractivity contribution < 1.29 is 19.1 Å². The van der Waals surface area contributed by atoms with E-state index in [0.717, 1.165) is 13.1 Å². The van der Waals surface area contributed by atoms with E-state index >= 15 is 0 Å². The number of rotatable bonds is 4. The van der Waals surface area contributed by atoms with Gasteiger partial charge in [0.15, 0.2) is 0 Å². The molecule has 2 saturated heterocycles. The second kappa shape index (κ2) is 6.01. The number of carbonyl (C=O) groups excluding carboxylic acids is 2. The van der Waals surface area contributed by atoms with Gasteiger partial charge in [0.05, 0.1) is 13.2 Å². The van der Waals surface area contributed by atoms with Crippen molar-refractivity contribution in [1.82, 2.24) is 15.5 Å². The lowest BCUT2D eigenvalue weighted by Gasteiger charge is -2.35. The molecule has 0 radical (unpaired) electrons. The fourth-order valence-corrected chi connectivity index (χ4v) is 2.23. The molecule has 102 valence electrons. The summed E-state index contributed by atoms with van der Waals surface area (Å²) in [6.07, 6.45) is -0.574. The highest BCUT2D eigenvalue weighted by molar-refractivity contribution is 5.76. The van der Waals surface area contributed by atoms with Gasteiger partial charge in [0, 0.05) is 26.2 Å². The molecule has 18 heavy (non-hydrogen) atoms. The first kappa shape index (κ1) is 13.1. The Balaban J connectivity index is 1.90. The summed E-state index contributed by atoms with van der Waals surface area (Å²) in [5.74, 6) is -0.220. The fraction of sp³-hybridized carbons (Fsp3) is 0.818. The molecule has 2 rings (SSSR count). The number of nitrogens with one attached hydrogen (secondary N) is 2. The Morgan fingerprint density at radius 1 is 1.56 bits per heavy atom. The van der Waals surface area contributed by atoms with Crippen LogP contribution in [0.15, 0.2) is 0 Å². The van der Waals surface area contributed by atoms with Crippen LogP contribution in [0.5, 0.6) is 0 Å². The highest BCUT2D eigenvalue weighted by atomic mass is 16.6. The average Bonchev–Trinajstić information content (AvgIpc) is 2.76. The smallest absolute Gasteiger partial charge is 0.407 e. The molecule has 2 unspecified atom stereocenters. The molecular formula is C11H19N3O4. The molecule has 0 aromatic rings. The number of piperazine rings is 1. The van der Waals surface area contributed by atoms with Crippen molar-refractivity contribution in [1.29, 1.82) is 0 Å². The van der Waals surface area contributed by atoms with Crippen molar-refractivity contribution in [2.45, 2.75) is 19.1 Å². The third-order valence-electron chi connectivity index (χ3n) is 3.10. The number of esters is 1. The van der Waals surface area contributed by atoms with E-state index in [4.69, 9.17) is 9.47 Å². The first-order valence-corrected chi connectivity index (χ1v) is 6.26. The maximum Gasteiger partial charge on any atom is 0.407 e. The zero-order valence-electron chi connectivity index (χ0n) is 10.5. The predicted octanol–water partition coefficient (Wildman–Crippen LogP) is -1.07. The van der Waals surface area contributed by atoms with E-state index in [1.54, 1.807) is 6.92 Å². The standard InChI is InChI=1S/C11H19N3O4/c1-2-17-10(15)9-6-12-3-4-14(9)7-8-5-13-11(16)18-8/h8-9,12H,2-7H2,1H3,(H,13,16). The van der Waals surface area contributed by atoms with E-state index < -0.39 is 0 Å². The molecule has 2 atom stereocenters. The second-order valence-electron chi connectivity index (χ2n) is 4.38. The van der Waals surface area contributed by atoms with Gasteiger partial charge in [0.1, 0.15) is 12.1 Å². The van der Waals surface area contributed by atoms with Crippen LogP contribution in [0.1, 0.15) is 6.92 Å². The Labute approximate surface area is 106 Å². The van der Waals surface area contributed by atoms with Gasteiger partial charge < -0.3 is 20.1 Å². The van der Waals surface area contributed by atoms with Crippen LogP contribution >= 0.6 is 0 Å². The molecule has 2 heterocycles. The summed E-state index contributed by atoms with van der Waals surface area (Å²) in [5.41, 5.74) is 0. The van der Waals surface area contributed by atoms with Gasteiger partial charge in [-0.05, 0) is 6.92 Å². The zero-order chi connectivity index (χ0) is 13.0. The predicted molar refractivity (Wildman–Crippen MR) is 63.1 cm³/mol. The lowest BCUT2D eigenvalue weighted by molar-refractivity contribution is -0.150. The summed E-state index contributed by atoms with van der Waals surface area (Å²) in [5, 5.41) is 5.78. The normalized spacial score (nSPS) is 28.6. The van der Waals surface area contributed by atoms with E-state index in [-0.39, 0.29) is 24.2 Å². The Morgan fingerprint density at radius 3 is 3.06 bits per heavy atom. The van der Waals surface area contributed by atoms with Crippen molar-refractivity contribution in [2.75, 3.05) is 39.3 Å². The molecule has 7 heteroatoms. The van der Waals surface area contributed by atoms with Gasteiger partial charge >= 0.3 is 12.1 Å². The molecule has 1 amide bonds. The number of amides is 1. The summed E-state index contributed by atoms with van der Waals surface area (Å²) in [6, 6.07) is -0.294. The number of hydrogen-bond donors (Lipinski definition) is 2. The molecule has 0 bridgehead atoms. The summed E-state index contributed by atoms with van der Waals surface area (Å²) in [4.78, 5) is 24.8. The van der Waals surface area contributed by atoms with Crippen molar-refractivity contribution in [3.8, 4) is 0 Å². The lowest BCUT2D eigenvalue weighted by Crippen LogP contribution is -2.57. The monoisotopic (exact) mass is 257 g/mol. The molecule has 2 aliphatic heterocycles. The van der Waals surface area contributed by atoms with Crippen molar-refractivity contribution in [2.24, 2.45) is 0 Å². The second-order valence-corrected chi connectivity index (χ2v) is 4.38. The van der Waals surface area contributed by atoms with Crippen LogP contribution in [0.3, 0.4) is 0 Å². The van der Waals surface area contributed by atoms with E-state index in [0.29, 0.717) is 26.2 Å². The van der Waals surface area contributed by atoms with Crippen molar-refractivity contribution >= 4 is 12.1 Å². The number of alkyl carbamates (subject to hydrolysis) is 1. The summed E-state index contributed by atoms with van der Waals surface area (Å²) in [6.45, 7) is 5.38. The van der Waals surface area contributed by atoms with Crippen LogP contribution in [0.25, 0.3) is 0 Å². The summed E-state index contributed by atoms with van der Waals surface area (Å²) >= 11 is 0. The quantitative estimate of drug-likeness (QED) is 0.624. The Kier molecular flexibility index (Phi) is 4.38. The third-order valence-corrected chi connectivity index (χ3v) is 3.10. The van der Waals surface area contributed by atoms with Crippen LogP contribution in [0.2, 0.25) is 0 Å². The summed E-state index contributed by atoms with van der Waals surface area (Å²) < 4.78 is 10.1. The first-order valence-electron chi connectivity index (χ1n) is 6.26. The topological polar surface area (TPSA) is 79.9 Å². The SMILES string of the molecule is CCOC(=O)C1CNCCN1CC1CNC(=O)O1. The van der Waals surface area contributed by atoms with Crippen LogP contribution in [0.4, 0.5) is 4.79 Å². The minimum Gasteiger partial charge on any atom is -0.465 e. The highest BCUT2D eigenvalue weighted by Gasteiger charge is 2.33. The Bertz CT molecular complexity index is 323. The molecule has 0 spiro atoms. The zero-order valence-corrected chi connectivity index (χ0v) is 10.5. The maximum atomic E-state index is 11.8. The van der Waals surface area contributed by atoms with Gasteiger partial charge in [-0.25, -0.2) is 4.79 Å². The van der Waals surface area contributed by atoms with Crippen molar-refractivity contribution in [3.63, 3.8) is 0 Å². The molecule has 0 saturated carbocycles. The van der Waals surface area contributed by atoms with Crippen LogP contribution < -0.4 is 10.6 Å². The number of ether oxygens (including phenoxy) is 2. The van der Waals surface area contributed by atoms with Crippen LogP contribution in [-0.4, -0.2) is 68.4 Å². The average molecular weight is 257 g/mol. The van der Waals surface area contributed by atoms with E-state index in [1.807, 2.05) is 4.90 Å². The third kappa shape index (κ3) is 3.11. The molecule has 0 aliphatic carbocycles. The van der Waals surface area contributed by atoms with Gasteiger partial charge in [0.25, 0.3) is 0 Å². The highest BCUT2D eigenvalue weighted by Crippen LogP contribution is 2.10. The van der Waals surface area contributed by atoms with E-state index in [2.05, 4.69) is 10.6 Å². The van der Waals surface area contributed by atoms with Crippen LogP contribution in [0, 0.1) is 0 Å². The number of hydrogen-bond acceptors (Lipinski definition) is 6. The molecule has 2 aliphatic rings. The van der Waals surface area contributed by atoms with E-state index in [1.165, 1.54) is 0 Å². The van der Waals surface area contributed by atoms with Gasteiger partial charge in [-0.2, -0.15) is 0 Å². The van der Waals surface area contributed by atoms with Crippen molar-refractivity contribution in [3.05, 3.63) is 0 Å². The molecule has 7 nitrogen and oxygen atoms in total. The molecule has 2 fully saturated rings. The van der Waals surface area contributed by atoms with Gasteiger partial charge in [-0.1, -0.05) is 0 Å². The Hall–Kier alpha value is -1.34. The minimum atomic E-state index is -0.386. The largest absolute Gasteiger partial charge is 0.465 e. The molecular weight excluding hydrogens is 238 g/mol. The molecule has 2 N–H and O–H groups in total. The molecule has 0 aromatic carbocycles. The Morgan fingerprint density at radius 2 is 2.39 bits per heavy atom. The fourth-order valence-electron chi connectivity index (χ4n) is 2.23. The summed E-state index contributed by atoms with van der Waals surface area (Å²) in [7, 11) is 0. The number of carbonyl (C=O) groups is 2. The first-order chi connectivity index (χ1) is 8.70. The molecule has 0 aromatic heterocycles. The van der Waals surface area contributed by atoms with Gasteiger partial charge in [-0.15, -0.1) is 0 Å². The number of nitrogens with zero attached hydrogens (tertiary/aromatic N) is 1. The van der Waals surface area contributed by atoms with Gasteiger partial charge in [0.2, 0.25) is 0 Å². The van der Waals surface area contributed by atoms with Crippen LogP contribution in [-0.2, 0) is 14.3 Å². The minimum absolute atomic E-state index is 0.187. The number of cyclic esters (lactones) is 1. The van der Waals surface area contributed by atoms with Gasteiger partial charge in [-0.3, -0.25) is 9.69 Å². The van der Waals surface area contributed by atoms with E-state index in [9.17, 15) is 9.59 Å². The lowest BCUT2D eigenvalue weighted by atomic mass is 10.1.